The zero-order valence-electron chi connectivity index (χ0n) is 11.4. The maximum atomic E-state index is 12.5. The lowest BCUT2D eigenvalue weighted by atomic mass is 9.86. The number of rotatable bonds is 3. The first-order chi connectivity index (χ1) is 8.15. The maximum Gasteiger partial charge on any atom is 0.229 e. The van der Waals surface area contributed by atoms with E-state index in [1.807, 2.05) is 0 Å². The van der Waals surface area contributed by atoms with Crippen LogP contribution in [0.15, 0.2) is 0 Å². The number of methoxy groups -OCH3 is 1. The van der Waals surface area contributed by atoms with Crippen molar-refractivity contribution in [2.45, 2.75) is 26.2 Å². The molecule has 0 spiro atoms. The first-order valence-electron chi connectivity index (χ1n) is 6.65. The predicted octanol–water partition coefficient (Wildman–Crippen LogP) is 1.29. The Hall–Kier alpha value is -0.320. The third-order valence-corrected chi connectivity index (χ3v) is 4.09. The summed E-state index contributed by atoms with van der Waals surface area (Å²) in [4.78, 5) is 14.6. The molecule has 0 aliphatic carbocycles. The minimum atomic E-state index is -0.172. The van der Waals surface area contributed by atoms with Gasteiger partial charge in [0.25, 0.3) is 0 Å². The highest BCUT2D eigenvalue weighted by atomic mass is 35.5. The van der Waals surface area contributed by atoms with Crippen molar-refractivity contribution < 1.29 is 9.53 Å². The fourth-order valence-electron chi connectivity index (χ4n) is 3.00. The number of likely N-dealkylation sites (tertiary alicyclic amines) is 1. The molecule has 2 atom stereocenters. The van der Waals surface area contributed by atoms with Gasteiger partial charge in [0.1, 0.15) is 0 Å². The Labute approximate surface area is 116 Å². The van der Waals surface area contributed by atoms with E-state index >= 15 is 0 Å². The quantitative estimate of drug-likeness (QED) is 0.845. The van der Waals surface area contributed by atoms with Crippen molar-refractivity contribution in [1.29, 1.82) is 0 Å². The SMILES string of the molecule is COCC1CCCN(C(=O)C2(C)CCNC2)C1.Cl. The Bertz CT molecular complexity index is 278. The first kappa shape index (κ1) is 15.7. The van der Waals surface area contributed by atoms with Gasteiger partial charge in [0, 0.05) is 26.7 Å². The zero-order chi connectivity index (χ0) is 12.3. The Morgan fingerprint density at radius 2 is 2.33 bits per heavy atom. The van der Waals surface area contributed by atoms with Crippen molar-refractivity contribution >= 4 is 18.3 Å². The van der Waals surface area contributed by atoms with Crippen molar-refractivity contribution in [3.05, 3.63) is 0 Å². The van der Waals surface area contributed by atoms with Crippen LogP contribution in [0.1, 0.15) is 26.2 Å². The topological polar surface area (TPSA) is 41.6 Å². The number of hydrogen-bond acceptors (Lipinski definition) is 3. The molecule has 0 aromatic carbocycles. The molecular formula is C13H25ClN2O2. The van der Waals surface area contributed by atoms with E-state index in [1.165, 1.54) is 6.42 Å². The number of nitrogens with one attached hydrogen (secondary N) is 1. The molecule has 1 N–H and O–H groups in total. The lowest BCUT2D eigenvalue weighted by Crippen LogP contribution is -2.48. The summed E-state index contributed by atoms with van der Waals surface area (Å²) in [5.41, 5.74) is -0.172. The first-order valence-corrected chi connectivity index (χ1v) is 6.65. The number of ether oxygens (including phenoxy) is 1. The molecule has 0 radical (unpaired) electrons. The van der Waals surface area contributed by atoms with Gasteiger partial charge in [-0.25, -0.2) is 0 Å². The van der Waals surface area contributed by atoms with Crippen LogP contribution in [0.4, 0.5) is 0 Å². The number of carbonyl (C=O) groups excluding carboxylic acids is 1. The van der Waals surface area contributed by atoms with E-state index in [-0.39, 0.29) is 17.8 Å². The highest BCUT2D eigenvalue weighted by Crippen LogP contribution is 2.29. The second kappa shape index (κ2) is 6.73. The average Bonchev–Trinajstić information content (AvgIpc) is 2.77. The van der Waals surface area contributed by atoms with E-state index in [4.69, 9.17) is 4.74 Å². The summed E-state index contributed by atoms with van der Waals surface area (Å²) in [6.45, 7) is 6.47. The second-order valence-electron chi connectivity index (χ2n) is 5.70. The van der Waals surface area contributed by atoms with E-state index in [1.54, 1.807) is 7.11 Å². The molecule has 4 nitrogen and oxygen atoms in total. The number of piperidine rings is 1. The molecule has 106 valence electrons. The molecule has 2 unspecified atom stereocenters. The summed E-state index contributed by atoms with van der Waals surface area (Å²) in [5, 5.41) is 3.30. The van der Waals surface area contributed by atoms with Gasteiger partial charge < -0.3 is 15.0 Å². The third-order valence-electron chi connectivity index (χ3n) is 4.09. The Morgan fingerprint density at radius 1 is 1.56 bits per heavy atom. The monoisotopic (exact) mass is 276 g/mol. The van der Waals surface area contributed by atoms with E-state index in [2.05, 4.69) is 17.1 Å². The van der Waals surface area contributed by atoms with Gasteiger partial charge >= 0.3 is 0 Å². The number of hydrogen-bond donors (Lipinski definition) is 1. The van der Waals surface area contributed by atoms with Crippen LogP contribution >= 0.6 is 12.4 Å². The van der Waals surface area contributed by atoms with E-state index < -0.39 is 0 Å². The Balaban J connectivity index is 0.00000162. The van der Waals surface area contributed by atoms with Crippen LogP contribution in [0.3, 0.4) is 0 Å². The molecule has 1 amide bonds. The van der Waals surface area contributed by atoms with E-state index in [9.17, 15) is 4.79 Å². The Morgan fingerprint density at radius 3 is 2.94 bits per heavy atom. The molecule has 2 heterocycles. The molecule has 0 aromatic rings. The van der Waals surface area contributed by atoms with Gasteiger partial charge in [-0.15, -0.1) is 12.4 Å². The van der Waals surface area contributed by atoms with E-state index in [0.29, 0.717) is 11.8 Å². The molecule has 2 aliphatic rings. The van der Waals surface area contributed by atoms with Crippen LogP contribution in [0, 0.1) is 11.3 Å². The van der Waals surface area contributed by atoms with Crippen molar-refractivity contribution in [2.75, 3.05) is 39.9 Å². The molecule has 18 heavy (non-hydrogen) atoms. The summed E-state index contributed by atoms with van der Waals surface area (Å²) < 4.78 is 5.21. The van der Waals surface area contributed by atoms with Crippen molar-refractivity contribution in [2.24, 2.45) is 11.3 Å². The molecular weight excluding hydrogens is 252 g/mol. The highest BCUT2D eigenvalue weighted by molar-refractivity contribution is 5.85. The largest absolute Gasteiger partial charge is 0.384 e. The van der Waals surface area contributed by atoms with Crippen LogP contribution in [-0.2, 0) is 9.53 Å². The fraction of sp³-hybridized carbons (Fsp3) is 0.923. The lowest BCUT2D eigenvalue weighted by molar-refractivity contribution is -0.142. The minimum absolute atomic E-state index is 0. The van der Waals surface area contributed by atoms with Gasteiger partial charge in [-0.2, -0.15) is 0 Å². The molecule has 0 bridgehead atoms. The Kier molecular flexibility index (Phi) is 5.89. The highest BCUT2D eigenvalue weighted by Gasteiger charge is 2.40. The van der Waals surface area contributed by atoms with Crippen LogP contribution in [0.2, 0.25) is 0 Å². The van der Waals surface area contributed by atoms with Crippen LogP contribution < -0.4 is 5.32 Å². The van der Waals surface area contributed by atoms with Gasteiger partial charge in [0.05, 0.1) is 12.0 Å². The molecule has 2 saturated heterocycles. The summed E-state index contributed by atoms with van der Waals surface area (Å²) in [6.07, 6.45) is 3.27. The standard InChI is InChI=1S/C13H24N2O2.ClH/c1-13(5-6-14-10-13)12(16)15-7-3-4-11(8-15)9-17-2;/h11,14H,3-10H2,1-2H3;1H. The number of nitrogens with zero attached hydrogens (tertiary/aromatic N) is 1. The van der Waals surface area contributed by atoms with Gasteiger partial charge in [0.15, 0.2) is 0 Å². The number of amides is 1. The molecule has 2 fully saturated rings. The summed E-state index contributed by atoms with van der Waals surface area (Å²) in [5.74, 6) is 0.860. The van der Waals surface area contributed by atoms with Crippen LogP contribution in [0.25, 0.3) is 0 Å². The third kappa shape index (κ3) is 3.37. The molecule has 2 rings (SSSR count). The van der Waals surface area contributed by atoms with Gasteiger partial charge in [-0.3, -0.25) is 4.79 Å². The molecule has 2 aliphatic heterocycles. The molecule has 0 aromatic heterocycles. The zero-order valence-corrected chi connectivity index (χ0v) is 12.2. The van der Waals surface area contributed by atoms with E-state index in [0.717, 1.165) is 45.6 Å². The van der Waals surface area contributed by atoms with Crippen molar-refractivity contribution in [3.8, 4) is 0 Å². The van der Waals surface area contributed by atoms with Crippen LogP contribution in [0.5, 0.6) is 0 Å². The molecule has 0 saturated carbocycles. The predicted molar refractivity (Wildman–Crippen MR) is 74.0 cm³/mol. The van der Waals surface area contributed by atoms with Gasteiger partial charge in [-0.1, -0.05) is 0 Å². The van der Waals surface area contributed by atoms with Gasteiger partial charge in [-0.05, 0) is 38.6 Å². The summed E-state index contributed by atoms with van der Waals surface area (Å²) in [6, 6.07) is 0. The number of halogens is 1. The summed E-state index contributed by atoms with van der Waals surface area (Å²) in [7, 11) is 1.74. The fourth-order valence-corrected chi connectivity index (χ4v) is 3.00. The van der Waals surface area contributed by atoms with Crippen LogP contribution in [-0.4, -0.2) is 50.7 Å². The van der Waals surface area contributed by atoms with Crippen molar-refractivity contribution in [3.63, 3.8) is 0 Å². The van der Waals surface area contributed by atoms with Gasteiger partial charge in [0.2, 0.25) is 5.91 Å². The maximum absolute atomic E-state index is 12.5. The minimum Gasteiger partial charge on any atom is -0.384 e. The second-order valence-corrected chi connectivity index (χ2v) is 5.70. The lowest BCUT2D eigenvalue weighted by Gasteiger charge is -2.37. The number of carbonyl (C=O) groups is 1. The molecule has 5 heteroatoms. The average molecular weight is 277 g/mol. The van der Waals surface area contributed by atoms with Crippen molar-refractivity contribution in [1.82, 2.24) is 10.2 Å². The summed E-state index contributed by atoms with van der Waals surface area (Å²) >= 11 is 0. The smallest absolute Gasteiger partial charge is 0.229 e. The normalized spacial score (nSPS) is 32.1.